The number of rotatable bonds is 3. The summed E-state index contributed by atoms with van der Waals surface area (Å²) in [5.74, 6) is -0.0647. The minimum absolute atomic E-state index is 0.0647. The Morgan fingerprint density at radius 2 is 2.30 bits per heavy atom. The van der Waals surface area contributed by atoms with Crippen LogP contribution in [0.4, 0.5) is 5.13 Å². The molecule has 1 N–H and O–H groups in total. The van der Waals surface area contributed by atoms with E-state index in [0.717, 1.165) is 32.5 Å². The molecule has 0 aromatic carbocycles. The first-order valence-corrected chi connectivity index (χ1v) is 8.40. The molecular formula is C14H17N3OS2. The number of hydrogen-bond acceptors (Lipinski definition) is 5. The Morgan fingerprint density at radius 1 is 1.45 bits per heavy atom. The Labute approximate surface area is 126 Å². The smallest absolute Gasteiger partial charge is 0.223 e. The zero-order valence-corrected chi connectivity index (χ0v) is 13.0. The van der Waals surface area contributed by atoms with Gasteiger partial charge >= 0.3 is 0 Å². The van der Waals surface area contributed by atoms with Crippen LogP contribution in [0.2, 0.25) is 0 Å². The molecule has 0 saturated carbocycles. The van der Waals surface area contributed by atoms with Crippen molar-refractivity contribution in [1.82, 2.24) is 9.88 Å². The fraction of sp³-hybridized carbons (Fsp3) is 0.429. The molecule has 3 rings (SSSR count). The summed E-state index contributed by atoms with van der Waals surface area (Å²) in [5, 5.41) is 5.63. The molecule has 106 valence electrons. The quantitative estimate of drug-likeness (QED) is 0.948. The highest BCUT2D eigenvalue weighted by molar-refractivity contribution is 7.15. The van der Waals surface area contributed by atoms with Gasteiger partial charge in [-0.1, -0.05) is 0 Å². The van der Waals surface area contributed by atoms with E-state index in [-0.39, 0.29) is 5.91 Å². The SMILES string of the molecule is CC(=O)Nc1ncc(CN2CCc3ccsc3CC2)s1. The van der Waals surface area contributed by atoms with Crippen LogP contribution in [-0.4, -0.2) is 28.9 Å². The maximum atomic E-state index is 11.0. The predicted molar refractivity (Wildman–Crippen MR) is 83.4 cm³/mol. The molecule has 1 aliphatic heterocycles. The summed E-state index contributed by atoms with van der Waals surface area (Å²) in [6, 6.07) is 2.26. The molecule has 0 spiro atoms. The molecule has 0 aliphatic carbocycles. The molecule has 1 amide bonds. The van der Waals surface area contributed by atoms with E-state index >= 15 is 0 Å². The zero-order valence-electron chi connectivity index (χ0n) is 11.4. The third-order valence-electron chi connectivity index (χ3n) is 3.41. The number of hydrogen-bond donors (Lipinski definition) is 1. The summed E-state index contributed by atoms with van der Waals surface area (Å²) < 4.78 is 0. The van der Waals surface area contributed by atoms with Crippen LogP contribution in [0, 0.1) is 0 Å². The van der Waals surface area contributed by atoms with Crippen LogP contribution in [0.15, 0.2) is 17.6 Å². The number of nitrogens with one attached hydrogen (secondary N) is 1. The van der Waals surface area contributed by atoms with E-state index < -0.39 is 0 Å². The first-order valence-electron chi connectivity index (χ1n) is 6.70. The van der Waals surface area contributed by atoms with Gasteiger partial charge in [0, 0.05) is 42.5 Å². The van der Waals surface area contributed by atoms with E-state index in [0.29, 0.717) is 5.13 Å². The van der Waals surface area contributed by atoms with Crippen molar-refractivity contribution in [2.24, 2.45) is 0 Å². The highest BCUT2D eigenvalue weighted by Gasteiger charge is 2.16. The van der Waals surface area contributed by atoms with E-state index in [1.807, 2.05) is 17.5 Å². The molecule has 0 saturated heterocycles. The molecule has 4 nitrogen and oxygen atoms in total. The van der Waals surface area contributed by atoms with Crippen molar-refractivity contribution in [3.8, 4) is 0 Å². The second kappa shape index (κ2) is 6.03. The monoisotopic (exact) mass is 307 g/mol. The summed E-state index contributed by atoms with van der Waals surface area (Å²) in [6.07, 6.45) is 4.15. The zero-order chi connectivity index (χ0) is 13.9. The molecule has 20 heavy (non-hydrogen) atoms. The van der Waals surface area contributed by atoms with Gasteiger partial charge in [-0.05, 0) is 29.9 Å². The Balaban J connectivity index is 1.60. The topological polar surface area (TPSA) is 45.2 Å². The number of amides is 1. The number of anilines is 1. The summed E-state index contributed by atoms with van der Waals surface area (Å²) in [6.45, 7) is 4.62. The fourth-order valence-corrected chi connectivity index (χ4v) is 4.25. The lowest BCUT2D eigenvalue weighted by atomic mass is 10.2. The number of carbonyl (C=O) groups excluding carboxylic acids is 1. The van der Waals surface area contributed by atoms with Crippen LogP contribution in [0.25, 0.3) is 0 Å². The van der Waals surface area contributed by atoms with Crippen molar-refractivity contribution in [1.29, 1.82) is 0 Å². The van der Waals surface area contributed by atoms with E-state index in [1.165, 1.54) is 22.2 Å². The number of aromatic nitrogens is 1. The van der Waals surface area contributed by atoms with Crippen molar-refractivity contribution in [3.63, 3.8) is 0 Å². The Bertz CT molecular complexity index is 583. The molecular weight excluding hydrogens is 290 g/mol. The standard InChI is InChI=1S/C14H17N3OS2/c1-10(18)16-14-15-8-12(20-14)9-17-5-2-11-4-7-19-13(11)3-6-17/h4,7-8H,2-3,5-6,9H2,1H3,(H,15,16,18). The average Bonchev–Trinajstić information content (AvgIpc) is 2.98. The van der Waals surface area contributed by atoms with Gasteiger partial charge in [0.2, 0.25) is 5.91 Å². The van der Waals surface area contributed by atoms with Crippen molar-refractivity contribution in [2.45, 2.75) is 26.3 Å². The molecule has 2 aromatic heterocycles. The van der Waals surface area contributed by atoms with Crippen LogP contribution in [-0.2, 0) is 24.2 Å². The minimum atomic E-state index is -0.0647. The number of thiazole rings is 1. The highest BCUT2D eigenvalue weighted by Crippen LogP contribution is 2.24. The normalized spacial score (nSPS) is 15.7. The summed E-state index contributed by atoms with van der Waals surface area (Å²) in [5.41, 5.74) is 1.51. The molecule has 0 radical (unpaired) electrons. The second-order valence-electron chi connectivity index (χ2n) is 4.96. The number of nitrogens with zero attached hydrogens (tertiary/aromatic N) is 2. The second-order valence-corrected chi connectivity index (χ2v) is 7.07. The molecule has 3 heterocycles. The van der Waals surface area contributed by atoms with E-state index in [2.05, 4.69) is 26.6 Å². The minimum Gasteiger partial charge on any atom is -0.302 e. The van der Waals surface area contributed by atoms with Crippen LogP contribution in [0.3, 0.4) is 0 Å². The molecule has 0 atom stereocenters. The fourth-order valence-electron chi connectivity index (χ4n) is 2.43. The molecule has 1 aliphatic rings. The largest absolute Gasteiger partial charge is 0.302 e. The summed E-state index contributed by atoms with van der Waals surface area (Å²) in [4.78, 5) is 20.5. The van der Waals surface area contributed by atoms with Crippen LogP contribution >= 0.6 is 22.7 Å². The number of carbonyl (C=O) groups is 1. The molecule has 0 fully saturated rings. The van der Waals surface area contributed by atoms with Crippen molar-refractivity contribution >= 4 is 33.7 Å². The predicted octanol–water partition coefficient (Wildman–Crippen LogP) is 2.76. The Kier molecular flexibility index (Phi) is 4.14. The van der Waals surface area contributed by atoms with Gasteiger partial charge in [0.1, 0.15) is 0 Å². The third-order valence-corrected chi connectivity index (χ3v) is 5.33. The molecule has 0 bridgehead atoms. The lowest BCUT2D eigenvalue weighted by Crippen LogP contribution is -2.25. The van der Waals surface area contributed by atoms with Crippen molar-refractivity contribution < 1.29 is 4.79 Å². The summed E-state index contributed by atoms with van der Waals surface area (Å²) in [7, 11) is 0. The van der Waals surface area contributed by atoms with E-state index in [4.69, 9.17) is 0 Å². The average molecular weight is 307 g/mol. The summed E-state index contributed by atoms with van der Waals surface area (Å²) >= 11 is 3.44. The first-order chi connectivity index (χ1) is 9.70. The maximum Gasteiger partial charge on any atom is 0.223 e. The Morgan fingerprint density at radius 3 is 3.15 bits per heavy atom. The lowest BCUT2D eigenvalue weighted by Gasteiger charge is -2.18. The van der Waals surface area contributed by atoms with Crippen LogP contribution < -0.4 is 5.32 Å². The van der Waals surface area contributed by atoms with Gasteiger partial charge in [0.05, 0.1) is 0 Å². The molecule has 0 unspecified atom stereocenters. The first kappa shape index (κ1) is 13.7. The van der Waals surface area contributed by atoms with E-state index in [9.17, 15) is 4.79 Å². The van der Waals surface area contributed by atoms with Crippen LogP contribution in [0.1, 0.15) is 22.2 Å². The van der Waals surface area contributed by atoms with Gasteiger partial charge in [-0.25, -0.2) is 4.98 Å². The lowest BCUT2D eigenvalue weighted by molar-refractivity contribution is -0.114. The van der Waals surface area contributed by atoms with Crippen LogP contribution in [0.5, 0.6) is 0 Å². The van der Waals surface area contributed by atoms with Gasteiger partial charge in [-0.3, -0.25) is 9.69 Å². The molecule has 6 heteroatoms. The van der Waals surface area contributed by atoms with Crippen molar-refractivity contribution in [2.75, 3.05) is 18.4 Å². The van der Waals surface area contributed by atoms with E-state index in [1.54, 1.807) is 11.3 Å². The van der Waals surface area contributed by atoms with Gasteiger partial charge in [0.15, 0.2) is 5.13 Å². The number of fused-ring (bicyclic) bond motifs is 1. The Hall–Kier alpha value is -1.24. The maximum absolute atomic E-state index is 11.0. The van der Waals surface area contributed by atoms with Gasteiger partial charge in [0.25, 0.3) is 0 Å². The highest BCUT2D eigenvalue weighted by atomic mass is 32.1. The molecule has 2 aromatic rings. The van der Waals surface area contributed by atoms with Crippen molar-refractivity contribution in [3.05, 3.63) is 33.0 Å². The van der Waals surface area contributed by atoms with Gasteiger partial charge in [-0.2, -0.15) is 0 Å². The number of thiophene rings is 1. The third kappa shape index (κ3) is 3.26. The van der Waals surface area contributed by atoms with Gasteiger partial charge < -0.3 is 5.32 Å². The van der Waals surface area contributed by atoms with Gasteiger partial charge in [-0.15, -0.1) is 22.7 Å².